The normalized spacial score (nSPS) is 24.3. The van der Waals surface area contributed by atoms with Gasteiger partial charge >= 0.3 is 0 Å². The first-order valence-corrected chi connectivity index (χ1v) is 3.52. The van der Waals surface area contributed by atoms with Crippen LogP contribution in [-0.4, -0.2) is 6.61 Å². The monoisotopic (exact) mass is 188 g/mol. The Morgan fingerprint density at radius 2 is 2.33 bits per heavy atom. The second-order valence-electron chi connectivity index (χ2n) is 1.96. The van der Waals surface area contributed by atoms with Gasteiger partial charge in [0.25, 0.3) is 0 Å². The molecule has 1 aromatic rings. The number of rotatable bonds is 1. The molecule has 0 bridgehead atoms. The SMILES string of the molecule is Brc1ccc([C@@H]2CO2)o1. The Morgan fingerprint density at radius 1 is 1.56 bits per heavy atom. The quantitative estimate of drug-likeness (QED) is 0.632. The molecule has 48 valence electrons. The Kier molecular flexibility index (Phi) is 1.13. The molecule has 0 saturated carbocycles. The van der Waals surface area contributed by atoms with Gasteiger partial charge in [0.05, 0.1) is 6.61 Å². The van der Waals surface area contributed by atoms with Crippen molar-refractivity contribution in [3.05, 3.63) is 22.6 Å². The minimum absolute atomic E-state index is 0.233. The van der Waals surface area contributed by atoms with Crippen molar-refractivity contribution in [1.29, 1.82) is 0 Å². The lowest BCUT2D eigenvalue weighted by molar-refractivity contribution is 0.365. The fourth-order valence-electron chi connectivity index (χ4n) is 0.714. The Hall–Kier alpha value is -0.280. The first-order chi connectivity index (χ1) is 4.36. The van der Waals surface area contributed by atoms with Crippen molar-refractivity contribution in [2.45, 2.75) is 6.10 Å². The van der Waals surface area contributed by atoms with Crippen molar-refractivity contribution in [2.24, 2.45) is 0 Å². The highest BCUT2D eigenvalue weighted by atomic mass is 79.9. The predicted octanol–water partition coefficient (Wildman–Crippen LogP) is 2.11. The zero-order valence-corrected chi connectivity index (χ0v) is 6.22. The van der Waals surface area contributed by atoms with Crippen molar-refractivity contribution < 1.29 is 9.15 Å². The molecule has 2 rings (SSSR count). The summed E-state index contributed by atoms with van der Waals surface area (Å²) in [5, 5.41) is 0. The van der Waals surface area contributed by atoms with Gasteiger partial charge in [0.2, 0.25) is 0 Å². The molecule has 2 heterocycles. The van der Waals surface area contributed by atoms with E-state index in [0.29, 0.717) is 0 Å². The van der Waals surface area contributed by atoms with Gasteiger partial charge in [-0.3, -0.25) is 0 Å². The maximum absolute atomic E-state index is 5.20. The molecule has 1 atom stereocenters. The summed E-state index contributed by atoms with van der Waals surface area (Å²) in [4.78, 5) is 0. The maximum atomic E-state index is 5.20. The Balaban J connectivity index is 2.28. The standard InChI is InChI=1S/C6H5BrO2/c7-6-2-1-4(9-6)5-3-8-5/h1-2,5H,3H2/t5-/m0/s1. The lowest BCUT2D eigenvalue weighted by atomic mass is 10.4. The second kappa shape index (κ2) is 1.85. The van der Waals surface area contributed by atoms with E-state index in [9.17, 15) is 0 Å². The summed E-state index contributed by atoms with van der Waals surface area (Å²) >= 11 is 3.21. The van der Waals surface area contributed by atoms with Gasteiger partial charge in [0.1, 0.15) is 11.9 Å². The van der Waals surface area contributed by atoms with Gasteiger partial charge in [0, 0.05) is 0 Å². The number of furan rings is 1. The summed E-state index contributed by atoms with van der Waals surface area (Å²) in [7, 11) is 0. The summed E-state index contributed by atoms with van der Waals surface area (Å²) in [6.07, 6.45) is 0.233. The lowest BCUT2D eigenvalue weighted by Gasteiger charge is -1.82. The highest BCUT2D eigenvalue weighted by Crippen LogP contribution is 2.31. The molecule has 0 unspecified atom stereocenters. The molecule has 0 amide bonds. The van der Waals surface area contributed by atoms with Gasteiger partial charge in [-0.15, -0.1) is 0 Å². The van der Waals surface area contributed by atoms with Crippen molar-refractivity contribution in [1.82, 2.24) is 0 Å². The zero-order valence-electron chi connectivity index (χ0n) is 4.63. The number of hydrogen-bond acceptors (Lipinski definition) is 2. The molecule has 1 fully saturated rings. The maximum Gasteiger partial charge on any atom is 0.169 e. The first kappa shape index (κ1) is 5.50. The molecule has 2 nitrogen and oxygen atoms in total. The van der Waals surface area contributed by atoms with E-state index in [-0.39, 0.29) is 6.10 Å². The number of halogens is 1. The zero-order chi connectivity index (χ0) is 6.27. The molecule has 0 aromatic carbocycles. The van der Waals surface area contributed by atoms with E-state index >= 15 is 0 Å². The third kappa shape index (κ3) is 1.02. The minimum atomic E-state index is 0.233. The van der Waals surface area contributed by atoms with Crippen molar-refractivity contribution in [3.8, 4) is 0 Å². The summed E-state index contributed by atoms with van der Waals surface area (Å²) in [5.74, 6) is 0.918. The highest BCUT2D eigenvalue weighted by molar-refractivity contribution is 9.10. The second-order valence-corrected chi connectivity index (χ2v) is 2.75. The van der Waals surface area contributed by atoms with Crippen LogP contribution in [0.25, 0.3) is 0 Å². The molecule has 1 aromatic heterocycles. The molecule has 1 saturated heterocycles. The molecule has 0 N–H and O–H groups in total. The molecule has 0 spiro atoms. The van der Waals surface area contributed by atoms with Gasteiger partial charge in [0.15, 0.2) is 4.67 Å². The third-order valence-corrected chi connectivity index (χ3v) is 1.67. The predicted molar refractivity (Wildman–Crippen MR) is 35.1 cm³/mol. The first-order valence-electron chi connectivity index (χ1n) is 2.73. The van der Waals surface area contributed by atoms with E-state index in [2.05, 4.69) is 15.9 Å². The van der Waals surface area contributed by atoms with Crippen LogP contribution in [0.3, 0.4) is 0 Å². The van der Waals surface area contributed by atoms with E-state index in [1.807, 2.05) is 12.1 Å². The molecular weight excluding hydrogens is 184 g/mol. The molecular formula is C6H5BrO2. The summed E-state index contributed by atoms with van der Waals surface area (Å²) in [5.41, 5.74) is 0. The van der Waals surface area contributed by atoms with E-state index < -0.39 is 0 Å². The van der Waals surface area contributed by atoms with Crippen molar-refractivity contribution in [3.63, 3.8) is 0 Å². The van der Waals surface area contributed by atoms with Crippen LogP contribution in [0.4, 0.5) is 0 Å². The molecule has 9 heavy (non-hydrogen) atoms. The smallest absolute Gasteiger partial charge is 0.169 e. The lowest BCUT2D eigenvalue weighted by Crippen LogP contribution is -1.69. The van der Waals surface area contributed by atoms with Gasteiger partial charge in [-0.1, -0.05) is 0 Å². The van der Waals surface area contributed by atoms with Crippen LogP contribution < -0.4 is 0 Å². The van der Waals surface area contributed by atoms with Crippen molar-refractivity contribution in [2.75, 3.05) is 6.61 Å². The molecule has 0 aliphatic carbocycles. The Bertz CT molecular complexity index is 215. The van der Waals surface area contributed by atoms with Crippen LogP contribution in [0.1, 0.15) is 11.9 Å². The van der Waals surface area contributed by atoms with Crippen LogP contribution in [0.5, 0.6) is 0 Å². The van der Waals surface area contributed by atoms with Gasteiger partial charge in [-0.2, -0.15) is 0 Å². The van der Waals surface area contributed by atoms with Gasteiger partial charge < -0.3 is 9.15 Å². The van der Waals surface area contributed by atoms with Gasteiger partial charge in [-0.05, 0) is 28.1 Å². The average molecular weight is 189 g/mol. The minimum Gasteiger partial charge on any atom is -0.452 e. The fraction of sp³-hybridized carbons (Fsp3) is 0.333. The third-order valence-electron chi connectivity index (χ3n) is 1.24. The van der Waals surface area contributed by atoms with Crippen molar-refractivity contribution >= 4 is 15.9 Å². The van der Waals surface area contributed by atoms with E-state index in [0.717, 1.165) is 17.0 Å². The Morgan fingerprint density at radius 3 is 2.78 bits per heavy atom. The number of ether oxygens (including phenoxy) is 1. The summed E-state index contributed by atoms with van der Waals surface area (Å²) in [6.45, 7) is 0.806. The molecule has 0 radical (unpaired) electrons. The van der Waals surface area contributed by atoms with Crippen LogP contribution in [0, 0.1) is 0 Å². The van der Waals surface area contributed by atoms with Crippen LogP contribution in [-0.2, 0) is 4.74 Å². The molecule has 1 aliphatic rings. The number of epoxide rings is 1. The largest absolute Gasteiger partial charge is 0.452 e. The van der Waals surface area contributed by atoms with Gasteiger partial charge in [-0.25, -0.2) is 0 Å². The topological polar surface area (TPSA) is 25.7 Å². The van der Waals surface area contributed by atoms with E-state index in [1.165, 1.54) is 0 Å². The molecule has 3 heteroatoms. The van der Waals surface area contributed by atoms with Crippen LogP contribution >= 0.6 is 15.9 Å². The van der Waals surface area contributed by atoms with Crippen LogP contribution in [0.2, 0.25) is 0 Å². The average Bonchev–Trinajstić information content (AvgIpc) is 2.58. The number of hydrogen-bond donors (Lipinski definition) is 0. The highest BCUT2D eigenvalue weighted by Gasteiger charge is 2.27. The molecule has 1 aliphatic heterocycles. The Labute approximate surface area is 60.9 Å². The summed E-state index contributed by atoms with van der Waals surface area (Å²) in [6, 6.07) is 3.79. The van der Waals surface area contributed by atoms with E-state index in [4.69, 9.17) is 9.15 Å². The fourth-order valence-corrected chi connectivity index (χ4v) is 1.03. The summed E-state index contributed by atoms with van der Waals surface area (Å²) < 4.78 is 11.0. The van der Waals surface area contributed by atoms with Crippen LogP contribution in [0.15, 0.2) is 21.2 Å². The van der Waals surface area contributed by atoms with E-state index in [1.54, 1.807) is 0 Å².